The van der Waals surface area contributed by atoms with E-state index in [-0.39, 0.29) is 5.56 Å². The predicted octanol–water partition coefficient (Wildman–Crippen LogP) is 1.59. The van der Waals surface area contributed by atoms with Gasteiger partial charge in [-0.15, -0.1) is 0 Å². The molecule has 0 unspecified atom stereocenters. The Balaban J connectivity index is 1.87. The maximum Gasteiger partial charge on any atom is 0.335 e. The largest absolute Gasteiger partial charge is 0.478 e. The number of hydrogen-bond donors (Lipinski definition) is 2. The summed E-state index contributed by atoms with van der Waals surface area (Å²) < 4.78 is 15.3. The number of aryl methyl sites for hydroxylation is 1. The molecule has 1 heterocycles. The average molecular weight is 277 g/mol. The third kappa shape index (κ3) is 3.64. The van der Waals surface area contributed by atoms with Crippen LogP contribution in [-0.2, 0) is 20.0 Å². The van der Waals surface area contributed by atoms with Gasteiger partial charge in [-0.25, -0.2) is 9.18 Å². The number of aromatic carboxylic acids is 1. The SMILES string of the molecule is Cn1ccc(CCNCc2cc(C(=O)O)ccc2F)n1. The number of rotatable bonds is 6. The fourth-order valence-corrected chi connectivity index (χ4v) is 1.88. The number of carboxylic acid groups (broad SMARTS) is 1. The molecule has 0 saturated carbocycles. The molecule has 0 amide bonds. The number of aromatic nitrogens is 2. The van der Waals surface area contributed by atoms with Crippen molar-refractivity contribution in [2.75, 3.05) is 6.54 Å². The lowest BCUT2D eigenvalue weighted by atomic mass is 10.1. The van der Waals surface area contributed by atoms with Gasteiger partial charge < -0.3 is 10.4 Å². The molecule has 0 saturated heterocycles. The first-order valence-corrected chi connectivity index (χ1v) is 6.27. The summed E-state index contributed by atoms with van der Waals surface area (Å²) in [5, 5.41) is 16.2. The zero-order chi connectivity index (χ0) is 14.5. The van der Waals surface area contributed by atoms with E-state index in [1.165, 1.54) is 18.2 Å². The molecule has 0 spiro atoms. The second kappa shape index (κ2) is 6.29. The van der Waals surface area contributed by atoms with Crippen molar-refractivity contribution in [1.29, 1.82) is 0 Å². The highest BCUT2D eigenvalue weighted by Gasteiger charge is 2.08. The molecule has 6 heteroatoms. The molecule has 106 valence electrons. The van der Waals surface area contributed by atoms with Crippen LogP contribution >= 0.6 is 0 Å². The maximum absolute atomic E-state index is 13.5. The van der Waals surface area contributed by atoms with Gasteiger partial charge in [0.2, 0.25) is 0 Å². The third-order valence-corrected chi connectivity index (χ3v) is 2.93. The maximum atomic E-state index is 13.5. The lowest BCUT2D eigenvalue weighted by molar-refractivity contribution is 0.0696. The third-order valence-electron chi connectivity index (χ3n) is 2.93. The molecule has 0 atom stereocenters. The molecule has 20 heavy (non-hydrogen) atoms. The number of carboxylic acids is 1. The van der Waals surface area contributed by atoms with Crippen molar-refractivity contribution in [2.24, 2.45) is 7.05 Å². The normalized spacial score (nSPS) is 10.7. The molecule has 0 aliphatic heterocycles. The van der Waals surface area contributed by atoms with Crippen molar-refractivity contribution in [3.63, 3.8) is 0 Å². The molecule has 0 bridgehead atoms. The molecule has 5 nitrogen and oxygen atoms in total. The summed E-state index contributed by atoms with van der Waals surface area (Å²) in [5.74, 6) is -1.46. The summed E-state index contributed by atoms with van der Waals surface area (Å²) in [7, 11) is 1.85. The Labute approximate surface area is 116 Å². The van der Waals surface area contributed by atoms with Gasteiger partial charge in [0.25, 0.3) is 0 Å². The highest BCUT2D eigenvalue weighted by atomic mass is 19.1. The number of nitrogens with zero attached hydrogens (tertiary/aromatic N) is 2. The van der Waals surface area contributed by atoms with Crippen LogP contribution in [-0.4, -0.2) is 27.4 Å². The van der Waals surface area contributed by atoms with E-state index in [0.29, 0.717) is 18.7 Å². The number of benzene rings is 1. The Bertz CT molecular complexity index is 610. The standard InChI is InChI=1S/C14H16FN3O2/c1-18-7-5-12(17-18)4-6-16-9-11-8-10(14(19)20)2-3-13(11)15/h2-3,5,7-8,16H,4,6,9H2,1H3,(H,19,20). The highest BCUT2D eigenvalue weighted by molar-refractivity contribution is 5.87. The van der Waals surface area contributed by atoms with Gasteiger partial charge in [0.05, 0.1) is 11.3 Å². The van der Waals surface area contributed by atoms with Crippen LogP contribution in [0.5, 0.6) is 0 Å². The van der Waals surface area contributed by atoms with Crippen molar-refractivity contribution in [3.05, 3.63) is 53.1 Å². The molecule has 2 rings (SSSR count). The zero-order valence-corrected chi connectivity index (χ0v) is 11.1. The number of hydrogen-bond acceptors (Lipinski definition) is 3. The average Bonchev–Trinajstić information content (AvgIpc) is 2.82. The van der Waals surface area contributed by atoms with Gasteiger partial charge in [0.15, 0.2) is 0 Å². The molecule has 0 aliphatic rings. The van der Waals surface area contributed by atoms with Crippen molar-refractivity contribution >= 4 is 5.97 Å². The Hall–Kier alpha value is -2.21. The van der Waals surface area contributed by atoms with Crippen LogP contribution in [0.1, 0.15) is 21.6 Å². The van der Waals surface area contributed by atoms with E-state index in [1.807, 2.05) is 19.3 Å². The van der Waals surface area contributed by atoms with Gasteiger partial charge in [-0.2, -0.15) is 5.10 Å². The topological polar surface area (TPSA) is 67.2 Å². The van der Waals surface area contributed by atoms with Crippen molar-refractivity contribution in [1.82, 2.24) is 15.1 Å². The molecule has 0 fully saturated rings. The van der Waals surface area contributed by atoms with Gasteiger partial charge in [-0.3, -0.25) is 4.68 Å². The van der Waals surface area contributed by atoms with Crippen LogP contribution in [0.3, 0.4) is 0 Å². The molecule has 0 aliphatic carbocycles. The van der Waals surface area contributed by atoms with Crippen LogP contribution < -0.4 is 5.32 Å². The summed E-state index contributed by atoms with van der Waals surface area (Å²) in [6, 6.07) is 5.72. The van der Waals surface area contributed by atoms with Gasteiger partial charge in [0, 0.05) is 38.3 Å². The summed E-state index contributed by atoms with van der Waals surface area (Å²) in [6.45, 7) is 0.938. The van der Waals surface area contributed by atoms with Crippen LogP contribution in [0.25, 0.3) is 0 Å². The lowest BCUT2D eigenvalue weighted by Gasteiger charge is -2.06. The zero-order valence-electron chi connectivity index (χ0n) is 11.1. The molecule has 2 N–H and O–H groups in total. The van der Waals surface area contributed by atoms with Crippen LogP contribution in [0, 0.1) is 5.82 Å². The van der Waals surface area contributed by atoms with E-state index in [1.54, 1.807) is 4.68 Å². The Morgan fingerprint density at radius 2 is 2.25 bits per heavy atom. The molecular formula is C14H16FN3O2. The van der Waals surface area contributed by atoms with Gasteiger partial charge in [0.1, 0.15) is 5.82 Å². The van der Waals surface area contributed by atoms with E-state index in [0.717, 1.165) is 12.1 Å². The quantitative estimate of drug-likeness (QED) is 0.787. The predicted molar refractivity (Wildman–Crippen MR) is 72.0 cm³/mol. The summed E-state index contributed by atoms with van der Waals surface area (Å²) in [6.07, 6.45) is 2.60. The number of carbonyl (C=O) groups is 1. The van der Waals surface area contributed by atoms with Crippen LogP contribution in [0.4, 0.5) is 4.39 Å². The minimum absolute atomic E-state index is 0.0907. The molecule has 1 aromatic carbocycles. The smallest absolute Gasteiger partial charge is 0.335 e. The molecular weight excluding hydrogens is 261 g/mol. The van der Waals surface area contributed by atoms with E-state index >= 15 is 0 Å². The summed E-state index contributed by atoms with van der Waals surface area (Å²) in [5.41, 5.74) is 1.40. The fourth-order valence-electron chi connectivity index (χ4n) is 1.88. The number of nitrogens with one attached hydrogen (secondary N) is 1. The Morgan fingerprint density at radius 3 is 2.90 bits per heavy atom. The Kier molecular flexibility index (Phi) is 4.47. The van der Waals surface area contributed by atoms with E-state index in [4.69, 9.17) is 5.11 Å². The monoisotopic (exact) mass is 277 g/mol. The highest BCUT2D eigenvalue weighted by Crippen LogP contribution is 2.10. The van der Waals surface area contributed by atoms with Gasteiger partial charge in [-0.1, -0.05) is 0 Å². The summed E-state index contributed by atoms with van der Waals surface area (Å²) >= 11 is 0. The van der Waals surface area contributed by atoms with Gasteiger partial charge in [-0.05, 0) is 24.3 Å². The van der Waals surface area contributed by atoms with E-state index in [9.17, 15) is 9.18 Å². The first-order valence-electron chi connectivity index (χ1n) is 6.27. The number of halogens is 1. The fraction of sp³-hybridized carbons (Fsp3) is 0.286. The summed E-state index contributed by atoms with van der Waals surface area (Å²) in [4.78, 5) is 10.8. The minimum atomic E-state index is -1.06. The second-order valence-corrected chi connectivity index (χ2v) is 4.52. The van der Waals surface area contributed by atoms with Crippen molar-refractivity contribution < 1.29 is 14.3 Å². The van der Waals surface area contributed by atoms with Crippen LogP contribution in [0.2, 0.25) is 0 Å². The van der Waals surface area contributed by atoms with E-state index in [2.05, 4.69) is 10.4 Å². The molecule has 1 aromatic heterocycles. The Morgan fingerprint density at radius 1 is 1.45 bits per heavy atom. The second-order valence-electron chi connectivity index (χ2n) is 4.52. The molecule has 2 aromatic rings. The van der Waals surface area contributed by atoms with E-state index < -0.39 is 11.8 Å². The first kappa shape index (κ1) is 14.2. The van der Waals surface area contributed by atoms with Gasteiger partial charge >= 0.3 is 5.97 Å². The minimum Gasteiger partial charge on any atom is -0.478 e. The first-order chi connectivity index (χ1) is 9.56. The molecule has 0 radical (unpaired) electrons. The van der Waals surface area contributed by atoms with Crippen molar-refractivity contribution in [2.45, 2.75) is 13.0 Å². The van der Waals surface area contributed by atoms with Crippen molar-refractivity contribution in [3.8, 4) is 0 Å². The lowest BCUT2D eigenvalue weighted by Crippen LogP contribution is -2.18. The van der Waals surface area contributed by atoms with Crippen LogP contribution in [0.15, 0.2) is 30.5 Å².